The average molecular weight is 409 g/mol. The lowest BCUT2D eigenvalue weighted by molar-refractivity contribution is 0.352. The van der Waals surface area contributed by atoms with E-state index < -0.39 is 0 Å². The van der Waals surface area contributed by atoms with Crippen molar-refractivity contribution in [1.82, 2.24) is 14.8 Å². The van der Waals surface area contributed by atoms with Gasteiger partial charge in [0.1, 0.15) is 0 Å². The molecule has 0 amide bonds. The summed E-state index contributed by atoms with van der Waals surface area (Å²) in [6.07, 6.45) is 2.04. The number of nitrogens with zero attached hydrogens (tertiary/aromatic N) is 3. The first-order chi connectivity index (χ1) is 12.0. The Morgan fingerprint density at radius 1 is 1.32 bits per heavy atom. The Labute approximate surface area is 157 Å². The molecule has 0 bridgehead atoms. The van der Waals surface area contributed by atoms with Gasteiger partial charge in [-0.3, -0.25) is 4.99 Å². The summed E-state index contributed by atoms with van der Waals surface area (Å²) in [7, 11) is 9.11. The molecular formula is C18H25BrN4O2. The fourth-order valence-corrected chi connectivity index (χ4v) is 3.27. The molecule has 0 aliphatic rings. The highest BCUT2D eigenvalue weighted by Crippen LogP contribution is 2.36. The second kappa shape index (κ2) is 8.80. The Kier molecular flexibility index (Phi) is 6.75. The van der Waals surface area contributed by atoms with Crippen LogP contribution in [0.15, 0.2) is 39.9 Å². The maximum Gasteiger partial charge on any atom is 0.194 e. The summed E-state index contributed by atoms with van der Waals surface area (Å²) >= 11 is 3.52. The van der Waals surface area contributed by atoms with Gasteiger partial charge >= 0.3 is 0 Å². The van der Waals surface area contributed by atoms with E-state index in [4.69, 9.17) is 9.47 Å². The van der Waals surface area contributed by atoms with Crippen LogP contribution in [-0.4, -0.2) is 43.7 Å². The van der Waals surface area contributed by atoms with Crippen LogP contribution in [0.5, 0.6) is 11.5 Å². The number of ether oxygens (including phenoxy) is 2. The van der Waals surface area contributed by atoms with Crippen LogP contribution in [0.3, 0.4) is 0 Å². The number of halogens is 1. The fraction of sp³-hybridized carbons (Fsp3) is 0.389. The summed E-state index contributed by atoms with van der Waals surface area (Å²) in [5, 5.41) is 3.38. The van der Waals surface area contributed by atoms with Gasteiger partial charge in [-0.05, 0) is 45.8 Å². The number of nitrogens with one attached hydrogen (secondary N) is 1. The Hall–Kier alpha value is -2.15. The quantitative estimate of drug-likeness (QED) is 0.589. The molecule has 2 rings (SSSR count). The molecule has 0 saturated carbocycles. The van der Waals surface area contributed by atoms with Crippen LogP contribution in [-0.2, 0) is 20.1 Å². The predicted octanol–water partition coefficient (Wildman–Crippen LogP) is 3.01. The number of guanidine groups is 1. The van der Waals surface area contributed by atoms with Crippen LogP contribution in [0.1, 0.15) is 11.3 Å². The molecule has 0 aliphatic heterocycles. The summed E-state index contributed by atoms with van der Waals surface area (Å²) in [6.45, 7) is 1.40. The number of aromatic nitrogens is 1. The van der Waals surface area contributed by atoms with Crippen molar-refractivity contribution in [3.63, 3.8) is 0 Å². The van der Waals surface area contributed by atoms with Gasteiger partial charge in [0, 0.05) is 39.6 Å². The molecule has 0 aliphatic carbocycles. The third-order valence-electron chi connectivity index (χ3n) is 3.97. The van der Waals surface area contributed by atoms with Crippen molar-refractivity contribution in [3.05, 3.63) is 46.2 Å². The number of rotatable bonds is 6. The fourth-order valence-electron chi connectivity index (χ4n) is 2.62. The molecule has 6 nitrogen and oxygen atoms in total. The van der Waals surface area contributed by atoms with Gasteiger partial charge in [-0.25, -0.2) is 0 Å². The van der Waals surface area contributed by atoms with E-state index in [1.807, 2.05) is 38.5 Å². The summed E-state index contributed by atoms with van der Waals surface area (Å²) < 4.78 is 13.7. The van der Waals surface area contributed by atoms with Gasteiger partial charge in [0.25, 0.3) is 0 Å². The average Bonchev–Trinajstić information content (AvgIpc) is 2.99. The standard InChI is InChI=1S/C18H25BrN4O2/c1-20-18(23(3)12-14-7-6-8-22(14)2)21-11-13-9-15(19)17(25-5)16(10-13)24-4/h6-10H,11-12H2,1-5H3,(H,20,21). The molecule has 0 radical (unpaired) electrons. The van der Waals surface area contributed by atoms with Crippen molar-refractivity contribution in [3.8, 4) is 11.5 Å². The van der Waals surface area contributed by atoms with E-state index in [1.54, 1.807) is 21.3 Å². The van der Waals surface area contributed by atoms with Gasteiger partial charge in [0.05, 0.1) is 25.2 Å². The molecule has 0 unspecified atom stereocenters. The third kappa shape index (κ3) is 4.69. The molecular weight excluding hydrogens is 384 g/mol. The van der Waals surface area contributed by atoms with E-state index in [9.17, 15) is 0 Å². The lowest BCUT2D eigenvalue weighted by Crippen LogP contribution is -2.38. The molecule has 1 aromatic heterocycles. The minimum atomic E-state index is 0.628. The second-order valence-electron chi connectivity index (χ2n) is 5.68. The Bertz CT molecular complexity index is 743. The van der Waals surface area contributed by atoms with E-state index in [0.717, 1.165) is 22.5 Å². The number of benzene rings is 1. The molecule has 0 saturated heterocycles. The summed E-state index contributed by atoms with van der Waals surface area (Å²) in [6, 6.07) is 8.12. The van der Waals surface area contributed by atoms with Crippen molar-refractivity contribution < 1.29 is 9.47 Å². The second-order valence-corrected chi connectivity index (χ2v) is 6.53. The highest BCUT2D eigenvalue weighted by Gasteiger charge is 2.12. The largest absolute Gasteiger partial charge is 0.493 e. The van der Waals surface area contributed by atoms with Crippen LogP contribution in [0.25, 0.3) is 0 Å². The Morgan fingerprint density at radius 2 is 2.08 bits per heavy atom. The van der Waals surface area contributed by atoms with Gasteiger partial charge in [-0.1, -0.05) is 0 Å². The van der Waals surface area contributed by atoms with E-state index >= 15 is 0 Å². The van der Waals surface area contributed by atoms with Crippen molar-refractivity contribution >= 4 is 21.9 Å². The van der Waals surface area contributed by atoms with Crippen LogP contribution in [0.4, 0.5) is 0 Å². The van der Waals surface area contributed by atoms with E-state index in [1.165, 1.54) is 5.69 Å². The SMILES string of the molecule is CN=C(NCc1cc(Br)c(OC)c(OC)c1)N(C)Cc1cccn1C. The van der Waals surface area contributed by atoms with Crippen molar-refractivity contribution in [2.24, 2.45) is 12.0 Å². The van der Waals surface area contributed by atoms with E-state index in [2.05, 4.69) is 41.8 Å². The number of aryl methyl sites for hydroxylation is 1. The van der Waals surface area contributed by atoms with Gasteiger partial charge in [-0.2, -0.15) is 0 Å². The molecule has 25 heavy (non-hydrogen) atoms. The molecule has 1 N–H and O–H groups in total. The molecule has 7 heteroatoms. The summed E-state index contributed by atoms with van der Waals surface area (Å²) in [4.78, 5) is 6.45. The molecule has 0 fully saturated rings. The molecule has 0 atom stereocenters. The lowest BCUT2D eigenvalue weighted by Gasteiger charge is -2.22. The lowest BCUT2D eigenvalue weighted by atomic mass is 10.2. The first-order valence-electron chi connectivity index (χ1n) is 7.92. The van der Waals surface area contributed by atoms with Crippen molar-refractivity contribution in [2.75, 3.05) is 28.3 Å². The van der Waals surface area contributed by atoms with E-state index in [-0.39, 0.29) is 0 Å². The zero-order valence-corrected chi connectivity index (χ0v) is 16.9. The Balaban J connectivity index is 2.05. The molecule has 1 heterocycles. The molecule has 136 valence electrons. The number of hydrogen-bond acceptors (Lipinski definition) is 3. The highest BCUT2D eigenvalue weighted by molar-refractivity contribution is 9.10. The van der Waals surface area contributed by atoms with Crippen LogP contribution in [0, 0.1) is 0 Å². The minimum absolute atomic E-state index is 0.628. The number of methoxy groups -OCH3 is 2. The molecule has 0 spiro atoms. The van der Waals surface area contributed by atoms with Crippen LogP contribution >= 0.6 is 15.9 Å². The summed E-state index contributed by atoms with van der Waals surface area (Å²) in [5.74, 6) is 2.21. The third-order valence-corrected chi connectivity index (χ3v) is 4.56. The zero-order chi connectivity index (χ0) is 18.4. The van der Waals surface area contributed by atoms with E-state index in [0.29, 0.717) is 18.0 Å². The maximum atomic E-state index is 5.40. The smallest absolute Gasteiger partial charge is 0.194 e. The van der Waals surface area contributed by atoms with Gasteiger partial charge in [-0.15, -0.1) is 0 Å². The van der Waals surface area contributed by atoms with Crippen LogP contribution in [0.2, 0.25) is 0 Å². The maximum absolute atomic E-state index is 5.40. The molecule has 1 aromatic carbocycles. The first-order valence-corrected chi connectivity index (χ1v) is 8.71. The van der Waals surface area contributed by atoms with Gasteiger partial charge in [0.2, 0.25) is 0 Å². The van der Waals surface area contributed by atoms with Gasteiger partial charge < -0.3 is 24.3 Å². The highest BCUT2D eigenvalue weighted by atomic mass is 79.9. The normalized spacial score (nSPS) is 11.4. The zero-order valence-electron chi connectivity index (χ0n) is 15.3. The monoisotopic (exact) mass is 408 g/mol. The molecule has 2 aromatic rings. The van der Waals surface area contributed by atoms with Crippen LogP contribution < -0.4 is 14.8 Å². The van der Waals surface area contributed by atoms with Crippen molar-refractivity contribution in [1.29, 1.82) is 0 Å². The number of hydrogen-bond donors (Lipinski definition) is 1. The Morgan fingerprint density at radius 3 is 2.64 bits per heavy atom. The van der Waals surface area contributed by atoms with Gasteiger partial charge in [0.15, 0.2) is 17.5 Å². The summed E-state index contributed by atoms with van der Waals surface area (Å²) in [5.41, 5.74) is 2.29. The topological polar surface area (TPSA) is 51.0 Å². The minimum Gasteiger partial charge on any atom is -0.493 e. The first kappa shape index (κ1) is 19.2. The number of aliphatic imine (C=N–C) groups is 1. The predicted molar refractivity (Wildman–Crippen MR) is 104 cm³/mol. The van der Waals surface area contributed by atoms with Crippen molar-refractivity contribution in [2.45, 2.75) is 13.1 Å².